The number of ether oxygens (including phenoxy) is 1. The lowest BCUT2D eigenvalue weighted by atomic mass is 10.1. The van der Waals surface area contributed by atoms with Crippen LogP contribution in [-0.2, 0) is 4.74 Å². The van der Waals surface area contributed by atoms with Crippen molar-refractivity contribution in [2.24, 2.45) is 0 Å². The third kappa shape index (κ3) is 2.23. The lowest BCUT2D eigenvalue weighted by molar-refractivity contribution is 0.0303. The monoisotopic (exact) mass is 289 g/mol. The number of Topliss-reactive ketones (excluding diaryl/α,β-unsaturated/α-hetero) is 1. The van der Waals surface area contributed by atoms with E-state index in [9.17, 15) is 9.59 Å². The number of carbonyl (C=O) groups excluding carboxylic acids is 2. The summed E-state index contributed by atoms with van der Waals surface area (Å²) in [4.78, 5) is 26.9. The van der Waals surface area contributed by atoms with E-state index in [4.69, 9.17) is 4.74 Å². The van der Waals surface area contributed by atoms with Gasteiger partial charge in [0.25, 0.3) is 5.91 Å². The smallest absolute Gasteiger partial charge is 0.256 e. The van der Waals surface area contributed by atoms with E-state index in [0.29, 0.717) is 36.7 Å². The highest BCUT2D eigenvalue weighted by molar-refractivity contribution is 7.21. The Bertz CT molecular complexity index is 671. The molecule has 5 heteroatoms. The molecule has 1 aliphatic rings. The van der Waals surface area contributed by atoms with Gasteiger partial charge in [-0.25, -0.2) is 0 Å². The Morgan fingerprint density at radius 2 is 1.90 bits per heavy atom. The summed E-state index contributed by atoms with van der Waals surface area (Å²) in [6.07, 6.45) is 0. The number of hydrogen-bond donors (Lipinski definition) is 0. The molecule has 1 aliphatic heterocycles. The fraction of sp³-hybridized carbons (Fsp3) is 0.333. The highest BCUT2D eigenvalue weighted by Crippen LogP contribution is 2.32. The van der Waals surface area contributed by atoms with Gasteiger partial charge in [-0.15, -0.1) is 11.3 Å². The van der Waals surface area contributed by atoms with E-state index < -0.39 is 0 Å². The maximum absolute atomic E-state index is 12.7. The first-order valence-corrected chi connectivity index (χ1v) is 7.39. The van der Waals surface area contributed by atoms with Crippen LogP contribution in [0, 0.1) is 0 Å². The van der Waals surface area contributed by atoms with Gasteiger partial charge in [-0.05, 0) is 13.0 Å². The molecule has 1 fully saturated rings. The summed E-state index contributed by atoms with van der Waals surface area (Å²) in [6.45, 7) is 3.80. The van der Waals surface area contributed by atoms with Gasteiger partial charge in [-0.3, -0.25) is 9.59 Å². The van der Waals surface area contributed by atoms with Crippen LogP contribution >= 0.6 is 11.3 Å². The molecule has 0 spiro atoms. The summed E-state index contributed by atoms with van der Waals surface area (Å²) < 4.78 is 6.26. The van der Waals surface area contributed by atoms with E-state index in [1.54, 1.807) is 4.90 Å². The molecule has 0 saturated carbocycles. The maximum Gasteiger partial charge on any atom is 0.256 e. The minimum Gasteiger partial charge on any atom is -0.378 e. The van der Waals surface area contributed by atoms with E-state index in [1.165, 1.54) is 18.3 Å². The average molecular weight is 289 g/mol. The van der Waals surface area contributed by atoms with Gasteiger partial charge in [0.1, 0.15) is 0 Å². The number of morpholine rings is 1. The van der Waals surface area contributed by atoms with Gasteiger partial charge >= 0.3 is 0 Å². The van der Waals surface area contributed by atoms with Gasteiger partial charge in [-0.2, -0.15) is 0 Å². The standard InChI is InChI=1S/C15H15NO3S/c1-10(17)14-13(11-4-2-3-5-12(11)20-14)15(18)16-6-8-19-9-7-16/h2-5H,6-9H2,1H3. The zero-order valence-electron chi connectivity index (χ0n) is 11.2. The van der Waals surface area contributed by atoms with E-state index in [-0.39, 0.29) is 11.7 Å². The first-order chi connectivity index (χ1) is 9.68. The molecule has 0 radical (unpaired) electrons. The van der Waals surface area contributed by atoms with E-state index >= 15 is 0 Å². The Morgan fingerprint density at radius 1 is 1.20 bits per heavy atom. The van der Waals surface area contributed by atoms with Crippen LogP contribution < -0.4 is 0 Å². The quantitative estimate of drug-likeness (QED) is 0.798. The fourth-order valence-electron chi connectivity index (χ4n) is 2.43. The van der Waals surface area contributed by atoms with Crippen LogP contribution in [0.15, 0.2) is 24.3 Å². The molecule has 1 saturated heterocycles. The second-order valence-electron chi connectivity index (χ2n) is 4.76. The molecule has 3 rings (SSSR count). The molecule has 0 bridgehead atoms. The topological polar surface area (TPSA) is 46.6 Å². The molecule has 0 atom stereocenters. The number of fused-ring (bicyclic) bond motifs is 1. The van der Waals surface area contributed by atoms with Crippen LogP contribution in [0.4, 0.5) is 0 Å². The third-order valence-corrected chi connectivity index (χ3v) is 4.70. The largest absolute Gasteiger partial charge is 0.378 e. The first-order valence-electron chi connectivity index (χ1n) is 6.58. The number of hydrogen-bond acceptors (Lipinski definition) is 4. The number of nitrogens with zero attached hydrogens (tertiary/aromatic N) is 1. The molecule has 2 aromatic rings. The van der Waals surface area contributed by atoms with Crippen molar-refractivity contribution < 1.29 is 14.3 Å². The summed E-state index contributed by atoms with van der Waals surface area (Å²) in [5, 5.41) is 0.874. The Balaban J connectivity index is 2.10. The predicted octanol–water partition coefficient (Wildman–Crippen LogP) is 2.58. The highest BCUT2D eigenvalue weighted by Gasteiger charge is 2.26. The Kier molecular flexibility index (Phi) is 3.54. The SMILES string of the molecule is CC(=O)c1sc2ccccc2c1C(=O)N1CCOCC1. The molecule has 0 N–H and O–H groups in total. The molecular formula is C15H15NO3S. The molecule has 0 unspecified atom stereocenters. The summed E-state index contributed by atoms with van der Waals surface area (Å²) >= 11 is 1.40. The van der Waals surface area contributed by atoms with Crippen molar-refractivity contribution in [1.82, 2.24) is 4.90 Å². The fourth-order valence-corrected chi connectivity index (χ4v) is 3.52. The van der Waals surface area contributed by atoms with Crippen LogP contribution in [0.25, 0.3) is 10.1 Å². The number of amides is 1. The number of carbonyl (C=O) groups is 2. The second-order valence-corrected chi connectivity index (χ2v) is 5.82. The average Bonchev–Trinajstić information content (AvgIpc) is 2.87. The number of ketones is 1. The highest BCUT2D eigenvalue weighted by atomic mass is 32.1. The maximum atomic E-state index is 12.7. The normalized spacial score (nSPS) is 15.6. The molecule has 20 heavy (non-hydrogen) atoms. The lowest BCUT2D eigenvalue weighted by Gasteiger charge is -2.27. The van der Waals surface area contributed by atoms with Crippen LogP contribution in [0.2, 0.25) is 0 Å². The molecule has 104 valence electrons. The zero-order chi connectivity index (χ0) is 14.1. The van der Waals surface area contributed by atoms with Gasteiger partial charge in [0.05, 0.1) is 23.7 Å². The van der Waals surface area contributed by atoms with E-state index in [2.05, 4.69) is 0 Å². The minimum absolute atomic E-state index is 0.0530. The zero-order valence-corrected chi connectivity index (χ0v) is 12.0. The van der Waals surface area contributed by atoms with Crippen molar-refractivity contribution in [1.29, 1.82) is 0 Å². The van der Waals surface area contributed by atoms with E-state index in [0.717, 1.165) is 10.1 Å². The number of thiophene rings is 1. The first kappa shape index (κ1) is 13.3. The summed E-state index contributed by atoms with van der Waals surface area (Å²) in [6, 6.07) is 7.68. The van der Waals surface area contributed by atoms with Crippen molar-refractivity contribution in [3.05, 3.63) is 34.7 Å². The van der Waals surface area contributed by atoms with Crippen molar-refractivity contribution in [2.45, 2.75) is 6.92 Å². The lowest BCUT2D eigenvalue weighted by Crippen LogP contribution is -2.41. The van der Waals surface area contributed by atoms with E-state index in [1.807, 2.05) is 24.3 Å². The van der Waals surface area contributed by atoms with Crippen molar-refractivity contribution in [2.75, 3.05) is 26.3 Å². The van der Waals surface area contributed by atoms with Crippen molar-refractivity contribution in [3.8, 4) is 0 Å². The van der Waals surface area contributed by atoms with Gasteiger partial charge in [0.15, 0.2) is 5.78 Å². The summed E-state index contributed by atoms with van der Waals surface area (Å²) in [7, 11) is 0. The van der Waals surface area contributed by atoms with Gasteiger partial charge in [-0.1, -0.05) is 18.2 Å². The predicted molar refractivity (Wildman–Crippen MR) is 78.6 cm³/mol. The Morgan fingerprint density at radius 3 is 2.60 bits per heavy atom. The minimum atomic E-state index is -0.0593. The van der Waals surface area contributed by atoms with Crippen molar-refractivity contribution in [3.63, 3.8) is 0 Å². The molecule has 2 heterocycles. The van der Waals surface area contributed by atoms with Crippen molar-refractivity contribution >= 4 is 33.1 Å². The van der Waals surface area contributed by atoms with Crippen LogP contribution in [0.3, 0.4) is 0 Å². The molecule has 1 aromatic heterocycles. The van der Waals surface area contributed by atoms with Gasteiger partial charge < -0.3 is 9.64 Å². The van der Waals surface area contributed by atoms with Gasteiger partial charge in [0, 0.05) is 23.2 Å². The molecule has 4 nitrogen and oxygen atoms in total. The second kappa shape index (κ2) is 5.34. The van der Waals surface area contributed by atoms with Crippen LogP contribution in [0.5, 0.6) is 0 Å². The third-order valence-electron chi connectivity index (χ3n) is 3.43. The number of benzene rings is 1. The summed E-state index contributed by atoms with van der Waals surface area (Å²) in [5.41, 5.74) is 0.556. The van der Waals surface area contributed by atoms with Crippen LogP contribution in [-0.4, -0.2) is 42.9 Å². The molecule has 1 amide bonds. The Hall–Kier alpha value is -1.72. The molecule has 1 aromatic carbocycles. The summed E-state index contributed by atoms with van der Waals surface area (Å²) in [5.74, 6) is -0.112. The number of rotatable bonds is 2. The Labute approximate surface area is 120 Å². The molecular weight excluding hydrogens is 274 g/mol. The van der Waals surface area contributed by atoms with Crippen LogP contribution in [0.1, 0.15) is 27.0 Å². The molecule has 0 aliphatic carbocycles. The van der Waals surface area contributed by atoms with Gasteiger partial charge in [0.2, 0.25) is 0 Å².